The van der Waals surface area contributed by atoms with Crippen molar-refractivity contribution >= 4 is 23.1 Å². The second kappa shape index (κ2) is 4.80. The van der Waals surface area contributed by atoms with Crippen molar-refractivity contribution in [2.75, 3.05) is 12.3 Å². The number of carbonyl (C=O) groups is 1. The minimum Gasteiger partial charge on any atom is -0.383 e. The van der Waals surface area contributed by atoms with Gasteiger partial charge in [0, 0.05) is 11.4 Å². The maximum Gasteiger partial charge on any atom is 0.256 e. The Labute approximate surface area is 96.7 Å². The molecule has 0 aliphatic carbocycles. The Hall–Kier alpha value is -1.82. The van der Waals surface area contributed by atoms with Crippen LogP contribution in [0, 0.1) is 0 Å². The maximum atomic E-state index is 11.6. The summed E-state index contributed by atoms with van der Waals surface area (Å²) in [4.78, 5) is 12.9. The molecule has 84 valence electrons. The van der Waals surface area contributed by atoms with E-state index in [0.717, 1.165) is 6.42 Å². The molecule has 2 aromatic rings. The van der Waals surface area contributed by atoms with Gasteiger partial charge >= 0.3 is 0 Å². The highest BCUT2D eigenvalue weighted by Crippen LogP contribution is 2.09. The van der Waals surface area contributed by atoms with Gasteiger partial charge in [-0.05, 0) is 17.9 Å². The minimum atomic E-state index is -0.192. The van der Waals surface area contributed by atoms with Crippen LogP contribution < -0.4 is 11.1 Å². The van der Waals surface area contributed by atoms with Crippen molar-refractivity contribution in [3.63, 3.8) is 0 Å². The molecule has 16 heavy (non-hydrogen) atoms. The minimum absolute atomic E-state index is 0.192. The number of thiophene rings is 1. The fraction of sp³-hybridized carbons (Fsp3) is 0.200. The first-order valence-corrected chi connectivity index (χ1v) is 5.75. The van der Waals surface area contributed by atoms with Crippen LogP contribution in [0.1, 0.15) is 15.2 Å². The fourth-order valence-electron chi connectivity index (χ4n) is 1.33. The van der Waals surface area contributed by atoms with Crippen molar-refractivity contribution in [2.24, 2.45) is 0 Å². The lowest BCUT2D eigenvalue weighted by molar-refractivity contribution is 0.0955. The number of amides is 1. The van der Waals surface area contributed by atoms with Crippen molar-refractivity contribution in [3.05, 3.63) is 34.2 Å². The number of rotatable bonds is 4. The van der Waals surface area contributed by atoms with E-state index in [1.807, 2.05) is 17.5 Å². The summed E-state index contributed by atoms with van der Waals surface area (Å²) in [6.07, 6.45) is 2.26. The molecule has 0 saturated carbocycles. The molecule has 0 aliphatic heterocycles. The molecule has 5 nitrogen and oxygen atoms in total. The number of hydrogen-bond acceptors (Lipinski definition) is 4. The second-order valence-electron chi connectivity index (χ2n) is 3.28. The van der Waals surface area contributed by atoms with Gasteiger partial charge < -0.3 is 11.1 Å². The number of hydrogen-bond donors (Lipinski definition) is 3. The molecule has 0 bridgehead atoms. The normalized spacial score (nSPS) is 10.2. The van der Waals surface area contributed by atoms with E-state index < -0.39 is 0 Å². The largest absolute Gasteiger partial charge is 0.383 e. The van der Waals surface area contributed by atoms with Gasteiger partial charge in [-0.25, -0.2) is 0 Å². The first kappa shape index (κ1) is 10.7. The van der Waals surface area contributed by atoms with E-state index in [0.29, 0.717) is 17.9 Å². The number of nitrogens with zero attached hydrogens (tertiary/aromatic N) is 1. The monoisotopic (exact) mass is 236 g/mol. The highest BCUT2D eigenvalue weighted by Gasteiger charge is 2.10. The molecule has 4 N–H and O–H groups in total. The Kier molecular flexibility index (Phi) is 3.21. The SMILES string of the molecule is Nc1[nH]ncc1C(=O)NCCc1cccs1. The van der Waals surface area contributed by atoms with Gasteiger partial charge in [-0.3, -0.25) is 9.89 Å². The first-order chi connectivity index (χ1) is 7.77. The van der Waals surface area contributed by atoms with Crippen LogP contribution in [0.3, 0.4) is 0 Å². The number of carbonyl (C=O) groups excluding carboxylic acids is 1. The molecule has 0 atom stereocenters. The van der Waals surface area contributed by atoms with Crippen molar-refractivity contribution in [3.8, 4) is 0 Å². The number of aromatic nitrogens is 2. The van der Waals surface area contributed by atoms with E-state index in [1.165, 1.54) is 11.1 Å². The van der Waals surface area contributed by atoms with Crippen LogP contribution in [0.4, 0.5) is 5.82 Å². The number of nitrogen functional groups attached to an aromatic ring is 1. The Morgan fingerprint density at radius 2 is 2.50 bits per heavy atom. The summed E-state index contributed by atoms with van der Waals surface area (Å²) in [6.45, 7) is 0.601. The van der Waals surface area contributed by atoms with Gasteiger partial charge in [0.15, 0.2) is 0 Å². The molecule has 2 aromatic heterocycles. The molecule has 0 aliphatic rings. The van der Waals surface area contributed by atoms with E-state index in [4.69, 9.17) is 5.73 Å². The summed E-state index contributed by atoms with van der Waals surface area (Å²) in [5.74, 6) is 0.108. The molecule has 0 radical (unpaired) electrons. The van der Waals surface area contributed by atoms with E-state index in [9.17, 15) is 4.79 Å². The van der Waals surface area contributed by atoms with Gasteiger partial charge in [-0.2, -0.15) is 5.10 Å². The van der Waals surface area contributed by atoms with Crippen LogP contribution in [-0.2, 0) is 6.42 Å². The van der Waals surface area contributed by atoms with Crippen molar-refractivity contribution in [1.29, 1.82) is 0 Å². The van der Waals surface area contributed by atoms with Crippen molar-refractivity contribution in [1.82, 2.24) is 15.5 Å². The summed E-state index contributed by atoms with van der Waals surface area (Å²) >= 11 is 1.68. The molecule has 0 spiro atoms. The van der Waals surface area contributed by atoms with Crippen molar-refractivity contribution in [2.45, 2.75) is 6.42 Å². The Balaban J connectivity index is 1.83. The third kappa shape index (κ3) is 2.40. The molecule has 0 unspecified atom stereocenters. The van der Waals surface area contributed by atoms with E-state index in [1.54, 1.807) is 11.3 Å². The molecule has 6 heteroatoms. The second-order valence-corrected chi connectivity index (χ2v) is 4.31. The molecular formula is C10H12N4OS. The molecule has 1 amide bonds. The third-order valence-electron chi connectivity index (χ3n) is 2.15. The standard InChI is InChI=1S/C10H12N4OS/c11-9-8(6-13-14-9)10(15)12-4-3-7-2-1-5-16-7/h1-2,5-6H,3-4H2,(H,12,15)(H3,11,13,14). The van der Waals surface area contributed by atoms with Crippen LogP contribution in [-0.4, -0.2) is 22.6 Å². The quantitative estimate of drug-likeness (QED) is 0.741. The van der Waals surface area contributed by atoms with Crippen LogP contribution >= 0.6 is 11.3 Å². The summed E-state index contributed by atoms with van der Waals surface area (Å²) in [6, 6.07) is 4.04. The lowest BCUT2D eigenvalue weighted by Gasteiger charge is -2.02. The van der Waals surface area contributed by atoms with E-state index in [2.05, 4.69) is 15.5 Å². The fourth-order valence-corrected chi connectivity index (χ4v) is 2.04. The molecule has 0 fully saturated rings. The smallest absolute Gasteiger partial charge is 0.256 e. The number of H-pyrrole nitrogens is 1. The average molecular weight is 236 g/mol. The number of nitrogens with one attached hydrogen (secondary N) is 2. The van der Waals surface area contributed by atoms with Crippen molar-refractivity contribution < 1.29 is 4.79 Å². The Morgan fingerprint density at radius 1 is 1.62 bits per heavy atom. The van der Waals surface area contributed by atoms with Gasteiger partial charge in [-0.1, -0.05) is 6.07 Å². The topological polar surface area (TPSA) is 83.8 Å². The first-order valence-electron chi connectivity index (χ1n) is 4.87. The average Bonchev–Trinajstić information content (AvgIpc) is 2.88. The molecule has 0 aromatic carbocycles. The van der Waals surface area contributed by atoms with E-state index in [-0.39, 0.29) is 5.91 Å². The lowest BCUT2D eigenvalue weighted by Crippen LogP contribution is -2.25. The van der Waals surface area contributed by atoms with Gasteiger partial charge in [0.05, 0.1) is 6.20 Å². The van der Waals surface area contributed by atoms with Crippen LogP contribution in [0.25, 0.3) is 0 Å². The van der Waals surface area contributed by atoms with Crippen LogP contribution in [0.5, 0.6) is 0 Å². The van der Waals surface area contributed by atoms with E-state index >= 15 is 0 Å². The van der Waals surface area contributed by atoms with Gasteiger partial charge in [0.25, 0.3) is 5.91 Å². The van der Waals surface area contributed by atoms with Crippen LogP contribution in [0.2, 0.25) is 0 Å². The molecular weight excluding hydrogens is 224 g/mol. The van der Waals surface area contributed by atoms with Gasteiger partial charge in [0.1, 0.15) is 11.4 Å². The number of anilines is 1. The van der Waals surface area contributed by atoms with Gasteiger partial charge in [0.2, 0.25) is 0 Å². The molecule has 2 rings (SSSR count). The predicted octanol–water partition coefficient (Wildman–Crippen LogP) is 1.03. The summed E-state index contributed by atoms with van der Waals surface area (Å²) in [5.41, 5.74) is 5.93. The zero-order valence-corrected chi connectivity index (χ0v) is 9.38. The van der Waals surface area contributed by atoms with Crippen LogP contribution in [0.15, 0.2) is 23.7 Å². The van der Waals surface area contributed by atoms with Gasteiger partial charge in [-0.15, -0.1) is 11.3 Å². The maximum absolute atomic E-state index is 11.6. The Bertz CT molecular complexity index is 463. The summed E-state index contributed by atoms with van der Waals surface area (Å²) in [7, 11) is 0. The molecule has 2 heterocycles. The zero-order valence-electron chi connectivity index (χ0n) is 8.56. The summed E-state index contributed by atoms with van der Waals surface area (Å²) < 4.78 is 0. The highest BCUT2D eigenvalue weighted by atomic mass is 32.1. The summed E-state index contributed by atoms with van der Waals surface area (Å²) in [5, 5.41) is 11.0. The number of nitrogens with two attached hydrogens (primary N) is 1. The number of aromatic amines is 1. The third-order valence-corrected chi connectivity index (χ3v) is 3.09. The highest BCUT2D eigenvalue weighted by molar-refractivity contribution is 7.09. The predicted molar refractivity (Wildman–Crippen MR) is 63.4 cm³/mol. The molecule has 0 saturated heterocycles. The lowest BCUT2D eigenvalue weighted by atomic mass is 10.3. The zero-order chi connectivity index (χ0) is 11.4. The Morgan fingerprint density at radius 3 is 3.12 bits per heavy atom.